The third kappa shape index (κ3) is 4.11. The lowest BCUT2D eigenvalue weighted by molar-refractivity contribution is 0.635. The first kappa shape index (κ1) is 16.6. The molecule has 0 fully saturated rings. The second kappa shape index (κ2) is 6.54. The van der Waals surface area contributed by atoms with Crippen molar-refractivity contribution in [3.8, 4) is 11.3 Å². The molecule has 0 aliphatic heterocycles. The van der Waals surface area contributed by atoms with Crippen molar-refractivity contribution in [2.75, 3.05) is 0 Å². The number of aromatic nitrogens is 2. The molecular formula is C16H21N3O2S. The van der Waals surface area contributed by atoms with E-state index in [-0.39, 0.29) is 10.3 Å². The van der Waals surface area contributed by atoms with E-state index in [0.717, 1.165) is 16.8 Å². The summed E-state index contributed by atoms with van der Waals surface area (Å²) in [5.74, 6) is 0. The molecule has 0 aliphatic carbocycles. The zero-order valence-electron chi connectivity index (χ0n) is 13.3. The largest absolute Gasteiger partial charge is 0.318 e. The maximum Gasteiger partial charge on any atom is 0.250 e. The first-order valence-electron chi connectivity index (χ1n) is 7.05. The van der Waals surface area contributed by atoms with Crippen LogP contribution in [-0.2, 0) is 24.6 Å². The molecule has 0 saturated heterocycles. The van der Waals surface area contributed by atoms with Gasteiger partial charge in [-0.25, -0.2) is 8.93 Å². The molecule has 0 bridgehead atoms. The smallest absolute Gasteiger partial charge is 0.250 e. The summed E-state index contributed by atoms with van der Waals surface area (Å²) in [6, 6.07) is 7.13. The van der Waals surface area contributed by atoms with Gasteiger partial charge in [0.05, 0.1) is 21.4 Å². The molecule has 2 aromatic heterocycles. The molecule has 0 aliphatic rings. The molecule has 2 rings (SSSR count). The van der Waals surface area contributed by atoms with E-state index in [0.29, 0.717) is 6.54 Å². The lowest BCUT2D eigenvalue weighted by Crippen LogP contribution is -2.32. The Bertz CT molecular complexity index is 730. The summed E-state index contributed by atoms with van der Waals surface area (Å²) in [7, 11) is 0.613. The minimum absolute atomic E-state index is 0.0470. The number of hydrogen-bond donors (Lipinski definition) is 1. The van der Waals surface area contributed by atoms with Gasteiger partial charge < -0.3 is 4.57 Å². The minimum atomic E-state index is -1.10. The van der Waals surface area contributed by atoms with Crippen LogP contribution in [-0.4, -0.2) is 18.5 Å². The third-order valence-electron chi connectivity index (χ3n) is 3.17. The van der Waals surface area contributed by atoms with Crippen LogP contribution in [0.1, 0.15) is 26.3 Å². The van der Waals surface area contributed by atoms with Gasteiger partial charge in [0, 0.05) is 37.6 Å². The fourth-order valence-electron chi connectivity index (χ4n) is 1.81. The molecule has 2 aromatic rings. The van der Waals surface area contributed by atoms with Gasteiger partial charge in [-0.3, -0.25) is 9.78 Å². The van der Waals surface area contributed by atoms with Crippen molar-refractivity contribution in [1.82, 2.24) is 14.3 Å². The first-order valence-corrected chi connectivity index (χ1v) is 8.20. The average molecular weight is 319 g/mol. The molecule has 1 N–H and O–H groups in total. The van der Waals surface area contributed by atoms with Crippen molar-refractivity contribution in [3.63, 3.8) is 0 Å². The highest BCUT2D eigenvalue weighted by atomic mass is 32.2. The Hall–Kier alpha value is -1.79. The fourth-order valence-corrected chi connectivity index (χ4v) is 2.54. The maximum atomic E-state index is 11.9. The molecule has 5 nitrogen and oxygen atoms in total. The van der Waals surface area contributed by atoms with Crippen molar-refractivity contribution in [1.29, 1.82) is 0 Å². The number of pyridine rings is 2. The Kier molecular flexibility index (Phi) is 4.93. The van der Waals surface area contributed by atoms with E-state index < -0.39 is 11.0 Å². The molecule has 6 heteroatoms. The normalized spacial score (nSPS) is 13.1. The van der Waals surface area contributed by atoms with E-state index in [4.69, 9.17) is 0 Å². The van der Waals surface area contributed by atoms with Crippen molar-refractivity contribution < 1.29 is 4.21 Å². The molecular weight excluding hydrogens is 298 g/mol. The van der Waals surface area contributed by atoms with Crippen molar-refractivity contribution in [2.45, 2.75) is 32.1 Å². The number of nitrogens with zero attached hydrogens (tertiary/aromatic N) is 2. The van der Waals surface area contributed by atoms with E-state index >= 15 is 0 Å². The average Bonchev–Trinajstić information content (AvgIpc) is 2.47. The topological polar surface area (TPSA) is 64.0 Å². The Morgan fingerprint density at radius 2 is 1.95 bits per heavy atom. The van der Waals surface area contributed by atoms with Gasteiger partial charge in [0.1, 0.15) is 0 Å². The van der Waals surface area contributed by atoms with Gasteiger partial charge in [0.25, 0.3) is 0 Å². The maximum absolute atomic E-state index is 11.9. The van der Waals surface area contributed by atoms with Crippen LogP contribution in [0.4, 0.5) is 0 Å². The Morgan fingerprint density at radius 3 is 2.50 bits per heavy atom. The molecule has 22 heavy (non-hydrogen) atoms. The number of hydrogen-bond acceptors (Lipinski definition) is 3. The summed E-state index contributed by atoms with van der Waals surface area (Å²) in [4.78, 5) is 15.8. The molecule has 1 unspecified atom stereocenters. The SMILES string of the molecule is Cn1cc(-c2ccc(CNS(=O)C(C)(C)C)cn2)ccc1=O. The van der Waals surface area contributed by atoms with E-state index in [1.807, 2.05) is 32.9 Å². The van der Waals surface area contributed by atoms with Crippen LogP contribution >= 0.6 is 0 Å². The van der Waals surface area contributed by atoms with Gasteiger partial charge in [-0.1, -0.05) is 6.07 Å². The monoisotopic (exact) mass is 319 g/mol. The lowest BCUT2D eigenvalue weighted by atomic mass is 10.1. The number of rotatable bonds is 4. The molecule has 0 radical (unpaired) electrons. The van der Waals surface area contributed by atoms with Crippen molar-refractivity contribution in [3.05, 3.63) is 52.6 Å². The molecule has 2 heterocycles. The van der Waals surface area contributed by atoms with Crippen molar-refractivity contribution >= 4 is 11.0 Å². The summed E-state index contributed by atoms with van der Waals surface area (Å²) in [5.41, 5.74) is 2.61. The fraction of sp³-hybridized carbons (Fsp3) is 0.375. The summed E-state index contributed by atoms with van der Waals surface area (Å²) >= 11 is 0. The Morgan fingerprint density at radius 1 is 1.23 bits per heavy atom. The highest BCUT2D eigenvalue weighted by Gasteiger charge is 2.18. The van der Waals surface area contributed by atoms with Gasteiger partial charge in [-0.2, -0.15) is 0 Å². The molecule has 0 aromatic carbocycles. The van der Waals surface area contributed by atoms with Crippen LogP contribution < -0.4 is 10.3 Å². The van der Waals surface area contributed by atoms with E-state index in [9.17, 15) is 9.00 Å². The van der Waals surface area contributed by atoms with Crippen LogP contribution in [0.15, 0.2) is 41.5 Å². The standard InChI is InChI=1S/C16H21N3O2S/c1-16(2,3)22(21)18-10-12-5-7-14(17-9-12)13-6-8-15(20)19(4)11-13/h5-9,11,18H,10H2,1-4H3. The van der Waals surface area contributed by atoms with Gasteiger partial charge >= 0.3 is 0 Å². The molecule has 0 amide bonds. The van der Waals surface area contributed by atoms with E-state index in [2.05, 4.69) is 9.71 Å². The van der Waals surface area contributed by atoms with Crippen LogP contribution in [0.25, 0.3) is 11.3 Å². The lowest BCUT2D eigenvalue weighted by Gasteiger charge is -2.18. The highest BCUT2D eigenvalue weighted by molar-refractivity contribution is 7.84. The summed E-state index contributed by atoms with van der Waals surface area (Å²) in [6.45, 7) is 6.29. The van der Waals surface area contributed by atoms with E-state index in [1.165, 1.54) is 10.6 Å². The van der Waals surface area contributed by atoms with Crippen LogP contribution in [0, 0.1) is 0 Å². The number of aryl methyl sites for hydroxylation is 1. The van der Waals surface area contributed by atoms with Crippen LogP contribution in [0.2, 0.25) is 0 Å². The zero-order chi connectivity index (χ0) is 16.3. The van der Waals surface area contributed by atoms with Gasteiger partial charge in [-0.15, -0.1) is 0 Å². The van der Waals surface area contributed by atoms with Crippen LogP contribution in [0.3, 0.4) is 0 Å². The summed E-state index contributed by atoms with van der Waals surface area (Å²) < 4.78 is 16.2. The number of nitrogens with one attached hydrogen (secondary N) is 1. The first-order chi connectivity index (χ1) is 10.3. The second-order valence-corrected chi connectivity index (χ2v) is 8.17. The third-order valence-corrected chi connectivity index (χ3v) is 4.69. The zero-order valence-corrected chi connectivity index (χ0v) is 14.1. The Balaban J connectivity index is 2.09. The molecule has 1 atom stereocenters. The van der Waals surface area contributed by atoms with Gasteiger partial charge in [0.2, 0.25) is 5.56 Å². The second-order valence-electron chi connectivity index (χ2n) is 6.12. The summed E-state index contributed by atoms with van der Waals surface area (Å²) in [6.07, 6.45) is 3.52. The predicted octanol–water partition coefficient (Wildman–Crippen LogP) is 2.00. The Labute approximate surface area is 133 Å². The minimum Gasteiger partial charge on any atom is -0.318 e. The highest BCUT2D eigenvalue weighted by Crippen LogP contribution is 2.15. The van der Waals surface area contributed by atoms with Crippen molar-refractivity contribution in [2.24, 2.45) is 7.05 Å². The van der Waals surface area contributed by atoms with Crippen LogP contribution in [0.5, 0.6) is 0 Å². The molecule has 0 saturated carbocycles. The predicted molar refractivity (Wildman–Crippen MR) is 89.6 cm³/mol. The quantitative estimate of drug-likeness (QED) is 0.937. The van der Waals surface area contributed by atoms with Gasteiger partial charge in [-0.05, 0) is 38.5 Å². The summed E-state index contributed by atoms with van der Waals surface area (Å²) in [5, 5.41) is 0. The molecule has 0 spiro atoms. The van der Waals surface area contributed by atoms with Gasteiger partial charge in [0.15, 0.2) is 0 Å². The molecule has 118 valence electrons. The van der Waals surface area contributed by atoms with E-state index in [1.54, 1.807) is 25.5 Å².